The second-order valence-corrected chi connectivity index (χ2v) is 7.41. The Labute approximate surface area is 161 Å². The number of piperidine rings is 1. The van der Waals surface area contributed by atoms with Crippen LogP contribution in [0.3, 0.4) is 0 Å². The molecule has 1 fully saturated rings. The van der Waals surface area contributed by atoms with E-state index in [2.05, 4.69) is 12.2 Å². The van der Waals surface area contributed by atoms with Crippen molar-refractivity contribution in [3.8, 4) is 0 Å². The fourth-order valence-corrected chi connectivity index (χ4v) is 3.77. The number of carbonyl (C=O) groups is 2. The van der Waals surface area contributed by atoms with E-state index in [0.29, 0.717) is 17.2 Å². The highest BCUT2D eigenvalue weighted by Crippen LogP contribution is 2.22. The Balaban J connectivity index is 1.70. The first kappa shape index (κ1) is 19.2. The predicted octanol–water partition coefficient (Wildman–Crippen LogP) is 4.96. The number of carbonyl (C=O) groups excluding carboxylic acids is 2. The first-order chi connectivity index (χ1) is 13.0. The molecule has 142 valence electrons. The maximum absolute atomic E-state index is 12.8. The van der Waals surface area contributed by atoms with Gasteiger partial charge in [-0.1, -0.05) is 24.6 Å². The van der Waals surface area contributed by atoms with Gasteiger partial charge in [0.1, 0.15) is 0 Å². The number of nitrogens with zero attached hydrogens (tertiary/aromatic N) is 1. The SMILES string of the molecule is CCC1CCCCN1C(=O)c1ccc(C(=O)Nc2ccc(C)cc2C)cc1. The van der Waals surface area contributed by atoms with Crippen LogP contribution in [-0.2, 0) is 0 Å². The van der Waals surface area contributed by atoms with Crippen molar-refractivity contribution in [2.75, 3.05) is 11.9 Å². The van der Waals surface area contributed by atoms with Gasteiger partial charge in [0, 0.05) is 29.4 Å². The van der Waals surface area contributed by atoms with Gasteiger partial charge in [-0.05, 0) is 75.4 Å². The van der Waals surface area contributed by atoms with Gasteiger partial charge >= 0.3 is 0 Å². The maximum atomic E-state index is 12.8. The Morgan fingerprint density at radius 2 is 1.74 bits per heavy atom. The highest BCUT2D eigenvalue weighted by Gasteiger charge is 2.26. The molecule has 0 spiro atoms. The topological polar surface area (TPSA) is 49.4 Å². The Hall–Kier alpha value is -2.62. The van der Waals surface area contributed by atoms with Crippen molar-refractivity contribution >= 4 is 17.5 Å². The van der Waals surface area contributed by atoms with Crippen molar-refractivity contribution in [2.45, 2.75) is 52.5 Å². The number of benzene rings is 2. The minimum Gasteiger partial charge on any atom is -0.336 e. The average molecular weight is 364 g/mol. The highest BCUT2D eigenvalue weighted by atomic mass is 16.2. The van der Waals surface area contributed by atoms with Crippen LogP contribution in [0.5, 0.6) is 0 Å². The highest BCUT2D eigenvalue weighted by molar-refractivity contribution is 6.05. The lowest BCUT2D eigenvalue weighted by Gasteiger charge is -2.35. The minimum absolute atomic E-state index is 0.0721. The molecule has 1 aliphatic heterocycles. The summed E-state index contributed by atoms with van der Waals surface area (Å²) in [5.74, 6) is -0.0896. The molecule has 2 amide bonds. The van der Waals surface area contributed by atoms with E-state index in [1.165, 1.54) is 6.42 Å². The summed E-state index contributed by atoms with van der Waals surface area (Å²) in [7, 11) is 0. The zero-order chi connectivity index (χ0) is 19.4. The van der Waals surface area contributed by atoms with Crippen molar-refractivity contribution in [2.24, 2.45) is 0 Å². The molecule has 1 atom stereocenters. The van der Waals surface area contributed by atoms with Gasteiger partial charge in [0.25, 0.3) is 11.8 Å². The van der Waals surface area contributed by atoms with Gasteiger partial charge in [-0.2, -0.15) is 0 Å². The van der Waals surface area contributed by atoms with Gasteiger partial charge in [0.05, 0.1) is 0 Å². The Bertz CT molecular complexity index is 827. The maximum Gasteiger partial charge on any atom is 0.255 e. The molecule has 1 aliphatic rings. The molecule has 0 aliphatic carbocycles. The number of nitrogens with one attached hydrogen (secondary N) is 1. The average Bonchev–Trinajstić information content (AvgIpc) is 2.69. The normalized spacial score (nSPS) is 16.9. The summed E-state index contributed by atoms with van der Waals surface area (Å²) >= 11 is 0. The molecular formula is C23H28N2O2. The number of amides is 2. The molecule has 0 radical (unpaired) electrons. The van der Waals surface area contributed by atoms with E-state index in [1.54, 1.807) is 24.3 Å². The molecule has 0 aromatic heterocycles. The second-order valence-electron chi connectivity index (χ2n) is 7.41. The van der Waals surface area contributed by atoms with Crippen LogP contribution in [0, 0.1) is 13.8 Å². The van der Waals surface area contributed by atoms with Crippen LogP contribution in [0.25, 0.3) is 0 Å². The van der Waals surface area contributed by atoms with E-state index < -0.39 is 0 Å². The third-order valence-electron chi connectivity index (χ3n) is 5.38. The van der Waals surface area contributed by atoms with Crippen molar-refractivity contribution in [3.63, 3.8) is 0 Å². The van der Waals surface area contributed by atoms with E-state index in [-0.39, 0.29) is 11.8 Å². The molecule has 1 unspecified atom stereocenters. The van der Waals surface area contributed by atoms with Crippen molar-refractivity contribution in [3.05, 3.63) is 64.7 Å². The lowest BCUT2D eigenvalue weighted by Crippen LogP contribution is -2.43. The van der Waals surface area contributed by atoms with Crippen LogP contribution in [0.1, 0.15) is 64.4 Å². The van der Waals surface area contributed by atoms with E-state index in [0.717, 1.165) is 42.6 Å². The van der Waals surface area contributed by atoms with E-state index >= 15 is 0 Å². The summed E-state index contributed by atoms with van der Waals surface area (Å²) in [4.78, 5) is 27.4. The molecule has 1 N–H and O–H groups in total. The molecular weight excluding hydrogens is 336 g/mol. The van der Waals surface area contributed by atoms with E-state index in [1.807, 2.05) is 36.9 Å². The molecule has 1 heterocycles. The molecule has 1 saturated heterocycles. The fraction of sp³-hybridized carbons (Fsp3) is 0.391. The summed E-state index contributed by atoms with van der Waals surface area (Å²) in [5.41, 5.74) is 4.21. The van der Waals surface area contributed by atoms with Crippen molar-refractivity contribution in [1.82, 2.24) is 4.90 Å². The number of anilines is 1. The van der Waals surface area contributed by atoms with Gasteiger partial charge in [-0.15, -0.1) is 0 Å². The lowest BCUT2D eigenvalue weighted by atomic mass is 9.98. The lowest BCUT2D eigenvalue weighted by molar-refractivity contribution is 0.0607. The van der Waals surface area contributed by atoms with E-state index in [9.17, 15) is 9.59 Å². The van der Waals surface area contributed by atoms with Crippen molar-refractivity contribution < 1.29 is 9.59 Å². The molecule has 0 saturated carbocycles. The standard InChI is InChI=1S/C23H28N2O2/c1-4-20-7-5-6-14-25(20)23(27)19-11-9-18(10-12-19)22(26)24-21-13-8-16(2)15-17(21)3/h8-13,15,20H,4-7,14H2,1-3H3,(H,24,26). The smallest absolute Gasteiger partial charge is 0.255 e. The molecule has 2 aromatic carbocycles. The monoisotopic (exact) mass is 364 g/mol. The fourth-order valence-electron chi connectivity index (χ4n) is 3.77. The van der Waals surface area contributed by atoms with Crippen LogP contribution in [0.2, 0.25) is 0 Å². The third-order valence-corrected chi connectivity index (χ3v) is 5.38. The molecule has 2 aromatic rings. The largest absolute Gasteiger partial charge is 0.336 e. The summed E-state index contributed by atoms with van der Waals surface area (Å²) in [6.07, 6.45) is 4.33. The molecule has 4 heteroatoms. The number of aryl methyl sites for hydroxylation is 2. The van der Waals surface area contributed by atoms with Crippen molar-refractivity contribution in [1.29, 1.82) is 0 Å². The van der Waals surface area contributed by atoms with Crippen LogP contribution in [0.15, 0.2) is 42.5 Å². The molecule has 0 bridgehead atoms. The summed E-state index contributed by atoms with van der Waals surface area (Å²) < 4.78 is 0. The van der Waals surface area contributed by atoms with Crippen LogP contribution >= 0.6 is 0 Å². The van der Waals surface area contributed by atoms with Gasteiger partial charge < -0.3 is 10.2 Å². The zero-order valence-electron chi connectivity index (χ0n) is 16.4. The Morgan fingerprint density at radius 1 is 1.04 bits per heavy atom. The van der Waals surface area contributed by atoms with Gasteiger partial charge in [-0.3, -0.25) is 9.59 Å². The Kier molecular flexibility index (Phi) is 5.94. The van der Waals surface area contributed by atoms with Gasteiger partial charge in [0.15, 0.2) is 0 Å². The quantitative estimate of drug-likeness (QED) is 0.833. The van der Waals surface area contributed by atoms with Crippen LogP contribution < -0.4 is 5.32 Å². The summed E-state index contributed by atoms with van der Waals surface area (Å²) in [5, 5.41) is 2.95. The molecule has 27 heavy (non-hydrogen) atoms. The number of rotatable bonds is 4. The Morgan fingerprint density at radius 3 is 2.41 bits per heavy atom. The van der Waals surface area contributed by atoms with Gasteiger partial charge in [0.2, 0.25) is 0 Å². The number of likely N-dealkylation sites (tertiary alicyclic amines) is 1. The molecule has 4 nitrogen and oxygen atoms in total. The second kappa shape index (κ2) is 8.38. The summed E-state index contributed by atoms with van der Waals surface area (Å²) in [6, 6.07) is 13.3. The first-order valence-corrected chi connectivity index (χ1v) is 9.79. The number of hydrogen-bond acceptors (Lipinski definition) is 2. The van der Waals surface area contributed by atoms with Crippen LogP contribution in [-0.4, -0.2) is 29.3 Å². The van der Waals surface area contributed by atoms with E-state index in [4.69, 9.17) is 0 Å². The number of hydrogen-bond donors (Lipinski definition) is 1. The van der Waals surface area contributed by atoms with Crippen LogP contribution in [0.4, 0.5) is 5.69 Å². The van der Waals surface area contributed by atoms with Gasteiger partial charge in [-0.25, -0.2) is 0 Å². The summed E-state index contributed by atoms with van der Waals surface area (Å²) in [6.45, 7) is 6.97. The molecule has 3 rings (SSSR count). The zero-order valence-corrected chi connectivity index (χ0v) is 16.4. The first-order valence-electron chi connectivity index (χ1n) is 9.79. The minimum atomic E-state index is -0.162. The third kappa shape index (κ3) is 4.38. The predicted molar refractivity (Wildman–Crippen MR) is 109 cm³/mol.